The predicted octanol–water partition coefficient (Wildman–Crippen LogP) is 5.36. The first-order valence-corrected chi connectivity index (χ1v) is 8.99. The molecule has 0 aliphatic rings. The van der Waals surface area contributed by atoms with Gasteiger partial charge in [0.05, 0.1) is 9.40 Å². The summed E-state index contributed by atoms with van der Waals surface area (Å²) in [6.45, 7) is 2.49. The third-order valence-corrected chi connectivity index (χ3v) is 6.27. The molecule has 0 aliphatic heterocycles. The normalized spacial score (nSPS) is 11.2. The van der Waals surface area contributed by atoms with E-state index in [-0.39, 0.29) is 5.43 Å². The molecule has 114 valence electrons. The van der Waals surface area contributed by atoms with Crippen LogP contribution in [0.1, 0.15) is 10.4 Å². The van der Waals surface area contributed by atoms with Gasteiger partial charge in [-0.3, -0.25) is 4.79 Å². The Morgan fingerprint density at radius 3 is 2.52 bits per heavy atom. The monoisotopic (exact) mass is 338 g/mol. The van der Waals surface area contributed by atoms with Crippen LogP contribution in [0.25, 0.3) is 19.5 Å². The Balaban J connectivity index is 1.84. The molecule has 0 spiro atoms. The first-order valence-electron chi connectivity index (χ1n) is 7.36. The Kier molecular flexibility index (Phi) is 3.63. The third kappa shape index (κ3) is 2.54. The number of aryl methyl sites for hydroxylation is 1. The molecule has 0 N–H and O–H groups in total. The zero-order valence-electron chi connectivity index (χ0n) is 12.5. The summed E-state index contributed by atoms with van der Waals surface area (Å²) in [5, 5.41) is 1.62. The molecule has 4 heteroatoms. The standard InChI is InChI=1S/C19H14O2S2/c1-12-15(11-21-13-7-3-2-4-8-13)17-18(20)14-9-5-6-10-16(14)23-19(17)22-12/h2-10H,11H2,1H3. The van der Waals surface area contributed by atoms with E-state index < -0.39 is 0 Å². The number of hydrogen-bond acceptors (Lipinski definition) is 4. The first-order chi connectivity index (χ1) is 11.2. The number of rotatable bonds is 3. The van der Waals surface area contributed by atoms with Crippen molar-refractivity contribution in [2.45, 2.75) is 13.5 Å². The Morgan fingerprint density at radius 1 is 0.957 bits per heavy atom. The number of benzene rings is 2. The van der Waals surface area contributed by atoms with E-state index in [1.165, 1.54) is 0 Å². The quantitative estimate of drug-likeness (QED) is 0.502. The zero-order valence-corrected chi connectivity index (χ0v) is 14.2. The fourth-order valence-corrected chi connectivity index (χ4v) is 5.30. The molecular weight excluding hydrogens is 324 g/mol. The van der Waals surface area contributed by atoms with Crippen molar-refractivity contribution >= 4 is 42.2 Å². The number of ether oxygens (including phenoxy) is 1. The molecule has 2 aromatic carbocycles. The summed E-state index contributed by atoms with van der Waals surface area (Å²) in [7, 11) is 0. The number of fused-ring (bicyclic) bond motifs is 2. The summed E-state index contributed by atoms with van der Waals surface area (Å²) in [6, 6.07) is 17.5. The van der Waals surface area contributed by atoms with Gasteiger partial charge in [-0.2, -0.15) is 0 Å². The van der Waals surface area contributed by atoms with Gasteiger partial charge in [0.15, 0.2) is 5.43 Å². The highest BCUT2D eigenvalue weighted by Crippen LogP contribution is 2.35. The maximum atomic E-state index is 12.9. The molecular formula is C19H14O2S2. The van der Waals surface area contributed by atoms with Gasteiger partial charge >= 0.3 is 0 Å². The van der Waals surface area contributed by atoms with Gasteiger partial charge in [-0.25, -0.2) is 0 Å². The van der Waals surface area contributed by atoms with Crippen molar-refractivity contribution < 1.29 is 4.74 Å². The lowest BCUT2D eigenvalue weighted by Crippen LogP contribution is -2.04. The first kappa shape index (κ1) is 14.4. The SMILES string of the molecule is Cc1sc2sc3ccccc3c(=O)c2c1COc1ccccc1. The summed E-state index contributed by atoms with van der Waals surface area (Å²) in [4.78, 5) is 14.0. The zero-order chi connectivity index (χ0) is 15.8. The van der Waals surface area contributed by atoms with Crippen LogP contribution in [0.3, 0.4) is 0 Å². The Hall–Kier alpha value is -2.17. The van der Waals surface area contributed by atoms with Crippen LogP contribution in [0.15, 0.2) is 59.4 Å². The van der Waals surface area contributed by atoms with Crippen LogP contribution in [0.2, 0.25) is 0 Å². The molecule has 0 atom stereocenters. The van der Waals surface area contributed by atoms with Gasteiger partial charge in [0.25, 0.3) is 0 Å². The highest BCUT2D eigenvalue weighted by atomic mass is 32.2. The van der Waals surface area contributed by atoms with Crippen LogP contribution in [0.4, 0.5) is 0 Å². The van der Waals surface area contributed by atoms with E-state index in [1.54, 1.807) is 22.7 Å². The van der Waals surface area contributed by atoms with E-state index in [0.29, 0.717) is 6.61 Å². The second-order valence-electron chi connectivity index (χ2n) is 5.33. The van der Waals surface area contributed by atoms with Crippen molar-refractivity contribution in [2.24, 2.45) is 0 Å². The number of para-hydroxylation sites is 1. The van der Waals surface area contributed by atoms with Gasteiger partial charge in [-0.05, 0) is 31.2 Å². The molecule has 0 aliphatic carbocycles. The van der Waals surface area contributed by atoms with Crippen molar-refractivity contribution in [1.82, 2.24) is 0 Å². The highest BCUT2D eigenvalue weighted by molar-refractivity contribution is 7.40. The lowest BCUT2D eigenvalue weighted by molar-refractivity contribution is 0.307. The molecule has 2 aromatic heterocycles. The lowest BCUT2D eigenvalue weighted by Gasteiger charge is -2.06. The van der Waals surface area contributed by atoms with Crippen LogP contribution in [-0.4, -0.2) is 0 Å². The molecule has 0 bridgehead atoms. The minimum Gasteiger partial charge on any atom is -0.489 e. The minimum absolute atomic E-state index is 0.116. The molecule has 23 heavy (non-hydrogen) atoms. The van der Waals surface area contributed by atoms with Crippen molar-refractivity contribution in [2.75, 3.05) is 0 Å². The summed E-state index contributed by atoms with van der Waals surface area (Å²) in [5.74, 6) is 0.822. The average Bonchev–Trinajstić information content (AvgIpc) is 2.89. The molecule has 0 saturated carbocycles. The molecule has 0 saturated heterocycles. The molecule has 2 nitrogen and oxygen atoms in total. The van der Waals surface area contributed by atoms with Crippen LogP contribution < -0.4 is 10.2 Å². The fourth-order valence-electron chi connectivity index (χ4n) is 2.68. The lowest BCUT2D eigenvalue weighted by atomic mass is 10.1. The Morgan fingerprint density at radius 2 is 1.70 bits per heavy atom. The summed E-state index contributed by atoms with van der Waals surface area (Å²) in [5.41, 5.74) is 1.13. The van der Waals surface area contributed by atoms with Crippen molar-refractivity contribution in [3.8, 4) is 5.75 Å². The second kappa shape index (κ2) is 5.80. The van der Waals surface area contributed by atoms with Crippen molar-refractivity contribution in [1.29, 1.82) is 0 Å². The minimum atomic E-state index is 0.116. The van der Waals surface area contributed by atoms with E-state index in [4.69, 9.17) is 4.74 Å². The van der Waals surface area contributed by atoms with Crippen LogP contribution in [0.5, 0.6) is 5.75 Å². The molecule has 2 heterocycles. The van der Waals surface area contributed by atoms with Gasteiger partial charge < -0.3 is 4.74 Å². The third-order valence-electron chi connectivity index (χ3n) is 3.86. The molecule has 0 amide bonds. The second-order valence-corrected chi connectivity index (χ2v) is 7.86. The maximum Gasteiger partial charge on any atom is 0.197 e. The van der Waals surface area contributed by atoms with E-state index in [0.717, 1.165) is 35.7 Å². The van der Waals surface area contributed by atoms with E-state index in [2.05, 4.69) is 6.92 Å². The number of thiophene rings is 1. The number of hydrogen-bond donors (Lipinski definition) is 0. The summed E-state index contributed by atoms with van der Waals surface area (Å²) < 4.78 is 8.00. The van der Waals surface area contributed by atoms with Crippen LogP contribution >= 0.6 is 22.7 Å². The van der Waals surface area contributed by atoms with E-state index >= 15 is 0 Å². The molecule has 4 rings (SSSR count). The molecule has 0 radical (unpaired) electrons. The molecule has 0 unspecified atom stereocenters. The van der Waals surface area contributed by atoms with Crippen molar-refractivity contribution in [3.05, 3.63) is 75.3 Å². The Bertz CT molecular complexity index is 1050. The topological polar surface area (TPSA) is 26.3 Å². The predicted molar refractivity (Wildman–Crippen MR) is 99.0 cm³/mol. The smallest absolute Gasteiger partial charge is 0.197 e. The van der Waals surface area contributed by atoms with Gasteiger partial charge in [-0.1, -0.05) is 30.3 Å². The van der Waals surface area contributed by atoms with Gasteiger partial charge in [0, 0.05) is 20.5 Å². The molecule has 4 aromatic rings. The van der Waals surface area contributed by atoms with Gasteiger partial charge in [0.2, 0.25) is 0 Å². The fraction of sp³-hybridized carbons (Fsp3) is 0.105. The average molecular weight is 338 g/mol. The maximum absolute atomic E-state index is 12.9. The molecule has 0 fully saturated rings. The Labute approximate surface area is 141 Å². The van der Waals surface area contributed by atoms with Crippen LogP contribution in [-0.2, 0) is 6.61 Å². The van der Waals surface area contributed by atoms with Crippen LogP contribution in [0, 0.1) is 6.92 Å². The van der Waals surface area contributed by atoms with Gasteiger partial charge in [-0.15, -0.1) is 22.7 Å². The summed E-state index contributed by atoms with van der Waals surface area (Å²) >= 11 is 3.37. The van der Waals surface area contributed by atoms with E-state index in [1.807, 2.05) is 54.6 Å². The largest absolute Gasteiger partial charge is 0.489 e. The highest BCUT2D eigenvalue weighted by Gasteiger charge is 2.16. The van der Waals surface area contributed by atoms with E-state index in [9.17, 15) is 4.79 Å². The van der Waals surface area contributed by atoms with Crippen molar-refractivity contribution in [3.63, 3.8) is 0 Å². The van der Waals surface area contributed by atoms with Gasteiger partial charge in [0.1, 0.15) is 12.4 Å². The summed E-state index contributed by atoms with van der Waals surface area (Å²) in [6.07, 6.45) is 0.